The third kappa shape index (κ3) is 1.80. The number of nitrogens with zero attached hydrogens (tertiary/aromatic N) is 2. The molecule has 0 fully saturated rings. The highest BCUT2D eigenvalue weighted by atomic mass is 16.1. The van der Waals surface area contributed by atoms with Gasteiger partial charge in [-0.3, -0.25) is 9.48 Å². The minimum Gasteiger partial charge on any atom is -0.369 e. The molecule has 0 aliphatic carbocycles. The molecule has 1 aromatic rings. The van der Waals surface area contributed by atoms with E-state index in [1.165, 1.54) is 0 Å². The molecule has 1 heterocycles. The van der Waals surface area contributed by atoms with Gasteiger partial charge in [0.05, 0.1) is 12.1 Å². The highest BCUT2D eigenvalue weighted by Gasteiger charge is 2.03. The van der Waals surface area contributed by atoms with Crippen LogP contribution in [0.5, 0.6) is 0 Å². The number of nitrogens with two attached hydrogens (primary N) is 1. The van der Waals surface area contributed by atoms with Crippen molar-refractivity contribution in [2.45, 2.75) is 13.3 Å². The Morgan fingerprint density at radius 2 is 2.45 bits per heavy atom. The Morgan fingerprint density at radius 3 is 2.82 bits per heavy atom. The quantitative estimate of drug-likeness (QED) is 0.637. The number of rotatable bonds is 2. The van der Waals surface area contributed by atoms with Gasteiger partial charge >= 0.3 is 0 Å². The van der Waals surface area contributed by atoms with E-state index < -0.39 is 0 Å². The van der Waals surface area contributed by atoms with E-state index in [1.54, 1.807) is 11.7 Å². The molecule has 4 nitrogen and oxygen atoms in total. The SMILES string of the molecule is Cc1cc(CC(N)=O)n(C)n1. The fourth-order valence-electron chi connectivity index (χ4n) is 1.01. The largest absolute Gasteiger partial charge is 0.369 e. The number of hydrogen-bond donors (Lipinski definition) is 1. The van der Waals surface area contributed by atoms with Crippen molar-refractivity contribution in [3.8, 4) is 0 Å². The van der Waals surface area contributed by atoms with E-state index in [1.807, 2.05) is 13.0 Å². The van der Waals surface area contributed by atoms with Crippen LogP contribution in [0.3, 0.4) is 0 Å². The van der Waals surface area contributed by atoms with Gasteiger partial charge in [0.2, 0.25) is 5.91 Å². The van der Waals surface area contributed by atoms with Crippen LogP contribution in [0, 0.1) is 6.92 Å². The predicted octanol–water partition coefficient (Wildman–Crippen LogP) is -0.244. The highest BCUT2D eigenvalue weighted by molar-refractivity contribution is 5.76. The normalized spacial score (nSPS) is 10.0. The minimum absolute atomic E-state index is 0.261. The predicted molar refractivity (Wildman–Crippen MR) is 40.8 cm³/mol. The Labute approximate surface area is 65.0 Å². The summed E-state index contributed by atoms with van der Waals surface area (Å²) in [6, 6.07) is 1.85. The van der Waals surface area contributed by atoms with Gasteiger partial charge < -0.3 is 5.73 Å². The second-order valence-corrected chi connectivity index (χ2v) is 2.54. The molecule has 0 aliphatic rings. The van der Waals surface area contributed by atoms with Crippen molar-refractivity contribution in [1.82, 2.24) is 9.78 Å². The van der Waals surface area contributed by atoms with Crippen molar-refractivity contribution in [2.24, 2.45) is 12.8 Å². The lowest BCUT2D eigenvalue weighted by Crippen LogP contribution is -2.15. The molecular formula is C7H11N3O. The molecule has 11 heavy (non-hydrogen) atoms. The average molecular weight is 153 g/mol. The van der Waals surface area contributed by atoms with Crippen LogP contribution >= 0.6 is 0 Å². The maximum Gasteiger partial charge on any atom is 0.223 e. The van der Waals surface area contributed by atoms with E-state index >= 15 is 0 Å². The number of aromatic nitrogens is 2. The molecule has 0 saturated heterocycles. The number of amides is 1. The van der Waals surface area contributed by atoms with Gasteiger partial charge in [0.25, 0.3) is 0 Å². The molecule has 1 rings (SSSR count). The van der Waals surface area contributed by atoms with Gasteiger partial charge in [0, 0.05) is 12.7 Å². The molecule has 0 unspecified atom stereocenters. The third-order valence-corrected chi connectivity index (χ3v) is 1.45. The topological polar surface area (TPSA) is 60.9 Å². The van der Waals surface area contributed by atoms with E-state index in [2.05, 4.69) is 5.10 Å². The standard InChI is InChI=1S/C7H11N3O/c1-5-3-6(4-7(8)11)10(2)9-5/h3H,4H2,1-2H3,(H2,8,11). The van der Waals surface area contributed by atoms with Gasteiger partial charge in [-0.2, -0.15) is 5.10 Å². The van der Waals surface area contributed by atoms with Crippen molar-refractivity contribution in [2.75, 3.05) is 0 Å². The summed E-state index contributed by atoms with van der Waals surface area (Å²) in [7, 11) is 1.80. The molecule has 1 amide bonds. The molecule has 0 radical (unpaired) electrons. The van der Waals surface area contributed by atoms with E-state index in [4.69, 9.17) is 5.73 Å². The maximum absolute atomic E-state index is 10.5. The van der Waals surface area contributed by atoms with Gasteiger partial charge in [-0.05, 0) is 13.0 Å². The first-order chi connectivity index (χ1) is 5.09. The van der Waals surface area contributed by atoms with Crippen molar-refractivity contribution in [3.63, 3.8) is 0 Å². The second-order valence-electron chi connectivity index (χ2n) is 2.54. The molecule has 0 aliphatic heterocycles. The van der Waals surface area contributed by atoms with E-state index in [-0.39, 0.29) is 12.3 Å². The molecule has 0 aromatic carbocycles. The second kappa shape index (κ2) is 2.74. The summed E-state index contributed by atoms with van der Waals surface area (Å²) in [5.41, 5.74) is 6.79. The zero-order valence-electron chi connectivity index (χ0n) is 6.66. The van der Waals surface area contributed by atoms with Crippen LogP contribution in [0.25, 0.3) is 0 Å². The van der Waals surface area contributed by atoms with Crippen molar-refractivity contribution in [3.05, 3.63) is 17.5 Å². The number of carbonyl (C=O) groups is 1. The van der Waals surface area contributed by atoms with Crippen LogP contribution in [0.1, 0.15) is 11.4 Å². The summed E-state index contributed by atoms with van der Waals surface area (Å²) in [6.07, 6.45) is 0.261. The molecule has 0 bridgehead atoms. The van der Waals surface area contributed by atoms with Gasteiger partial charge in [0.1, 0.15) is 0 Å². The average Bonchev–Trinajstić information content (AvgIpc) is 2.09. The molecule has 2 N–H and O–H groups in total. The van der Waals surface area contributed by atoms with Crippen LogP contribution in [0.15, 0.2) is 6.07 Å². The number of aryl methyl sites for hydroxylation is 2. The monoisotopic (exact) mass is 153 g/mol. The lowest BCUT2D eigenvalue weighted by Gasteiger charge is -1.95. The van der Waals surface area contributed by atoms with E-state index in [0.717, 1.165) is 11.4 Å². The number of carbonyl (C=O) groups excluding carboxylic acids is 1. The first-order valence-corrected chi connectivity index (χ1v) is 3.37. The molecule has 4 heteroatoms. The summed E-state index contributed by atoms with van der Waals surface area (Å²) < 4.78 is 1.67. The molecular weight excluding hydrogens is 142 g/mol. The maximum atomic E-state index is 10.5. The van der Waals surface area contributed by atoms with Gasteiger partial charge in [-0.25, -0.2) is 0 Å². The number of hydrogen-bond acceptors (Lipinski definition) is 2. The first kappa shape index (κ1) is 7.78. The summed E-state index contributed by atoms with van der Waals surface area (Å²) in [4.78, 5) is 10.5. The summed E-state index contributed by atoms with van der Waals surface area (Å²) >= 11 is 0. The zero-order chi connectivity index (χ0) is 8.43. The van der Waals surface area contributed by atoms with Gasteiger partial charge in [-0.15, -0.1) is 0 Å². The lowest BCUT2D eigenvalue weighted by molar-refractivity contribution is -0.117. The molecule has 0 atom stereocenters. The molecule has 1 aromatic heterocycles. The Kier molecular flexibility index (Phi) is 1.94. The third-order valence-electron chi connectivity index (χ3n) is 1.45. The van der Waals surface area contributed by atoms with Crippen LogP contribution in [0.2, 0.25) is 0 Å². The van der Waals surface area contributed by atoms with Crippen LogP contribution in [0.4, 0.5) is 0 Å². The summed E-state index contributed by atoms with van der Waals surface area (Å²) in [5.74, 6) is -0.326. The van der Waals surface area contributed by atoms with Gasteiger partial charge in [0.15, 0.2) is 0 Å². The first-order valence-electron chi connectivity index (χ1n) is 3.37. The van der Waals surface area contributed by atoms with Crippen molar-refractivity contribution in [1.29, 1.82) is 0 Å². The fraction of sp³-hybridized carbons (Fsp3) is 0.429. The lowest BCUT2D eigenvalue weighted by atomic mass is 10.3. The van der Waals surface area contributed by atoms with Crippen LogP contribution in [-0.2, 0) is 18.3 Å². The van der Waals surface area contributed by atoms with E-state index in [0.29, 0.717) is 0 Å². The smallest absolute Gasteiger partial charge is 0.223 e. The van der Waals surface area contributed by atoms with Gasteiger partial charge in [-0.1, -0.05) is 0 Å². The van der Waals surface area contributed by atoms with Crippen LogP contribution < -0.4 is 5.73 Å². The molecule has 0 saturated carbocycles. The van der Waals surface area contributed by atoms with Crippen LogP contribution in [-0.4, -0.2) is 15.7 Å². The highest BCUT2D eigenvalue weighted by Crippen LogP contribution is 2.01. The Balaban J connectivity index is 2.85. The molecule has 60 valence electrons. The van der Waals surface area contributed by atoms with Crippen molar-refractivity contribution < 1.29 is 4.79 Å². The van der Waals surface area contributed by atoms with Crippen molar-refractivity contribution >= 4 is 5.91 Å². The fourth-order valence-corrected chi connectivity index (χ4v) is 1.01. The summed E-state index contributed by atoms with van der Waals surface area (Å²) in [5, 5.41) is 4.07. The Morgan fingerprint density at radius 1 is 1.82 bits per heavy atom. The Bertz CT molecular complexity index is 277. The number of primary amides is 1. The Hall–Kier alpha value is -1.32. The zero-order valence-corrected chi connectivity index (χ0v) is 6.66. The van der Waals surface area contributed by atoms with E-state index in [9.17, 15) is 4.79 Å². The summed E-state index contributed by atoms with van der Waals surface area (Å²) in [6.45, 7) is 1.88. The minimum atomic E-state index is -0.326. The molecule has 0 spiro atoms.